The van der Waals surface area contributed by atoms with E-state index >= 15 is 0 Å². The number of hydrogen-bond acceptors (Lipinski definition) is 2. The number of hydrogen-bond donors (Lipinski definition) is 2. The van der Waals surface area contributed by atoms with E-state index in [-0.39, 0.29) is 0 Å². The molecular formula is C14H17Cl2N3. The van der Waals surface area contributed by atoms with Crippen LogP contribution in [0.4, 0.5) is 0 Å². The standard InChI is InChI=1S/C14H17Cl2N3/c1-9(2)17-6-5-14-18-8-13(19-14)11-4-3-10(15)7-12(11)16/h3-4,7-9,17H,5-6H2,1-2H3,(H,18,19). The van der Waals surface area contributed by atoms with Crippen molar-refractivity contribution in [3.63, 3.8) is 0 Å². The lowest BCUT2D eigenvalue weighted by Crippen LogP contribution is -2.25. The van der Waals surface area contributed by atoms with E-state index in [1.54, 1.807) is 12.3 Å². The van der Waals surface area contributed by atoms with E-state index in [1.807, 2.05) is 12.1 Å². The van der Waals surface area contributed by atoms with Crippen molar-refractivity contribution < 1.29 is 0 Å². The molecule has 0 radical (unpaired) electrons. The van der Waals surface area contributed by atoms with Crippen LogP contribution in [0.3, 0.4) is 0 Å². The summed E-state index contributed by atoms with van der Waals surface area (Å²) in [7, 11) is 0. The van der Waals surface area contributed by atoms with Gasteiger partial charge in [0.05, 0.1) is 16.9 Å². The Hall–Kier alpha value is -1.03. The average molecular weight is 298 g/mol. The van der Waals surface area contributed by atoms with Crippen molar-refractivity contribution in [1.29, 1.82) is 0 Å². The first-order chi connectivity index (χ1) is 9.06. The molecule has 0 aliphatic carbocycles. The molecule has 0 unspecified atom stereocenters. The van der Waals surface area contributed by atoms with Crippen molar-refractivity contribution >= 4 is 23.2 Å². The molecule has 2 rings (SSSR count). The van der Waals surface area contributed by atoms with E-state index in [9.17, 15) is 0 Å². The smallest absolute Gasteiger partial charge is 0.107 e. The number of aromatic nitrogens is 2. The maximum atomic E-state index is 6.17. The van der Waals surface area contributed by atoms with Crippen LogP contribution in [-0.2, 0) is 6.42 Å². The first-order valence-electron chi connectivity index (χ1n) is 6.29. The maximum absolute atomic E-state index is 6.17. The normalized spacial score (nSPS) is 11.2. The van der Waals surface area contributed by atoms with E-state index in [4.69, 9.17) is 23.2 Å². The molecule has 0 spiro atoms. The second kappa shape index (κ2) is 6.42. The SMILES string of the molecule is CC(C)NCCc1ncc(-c2ccc(Cl)cc2Cl)[nH]1. The van der Waals surface area contributed by atoms with Crippen LogP contribution in [0.5, 0.6) is 0 Å². The molecule has 0 aliphatic heterocycles. The van der Waals surface area contributed by atoms with Crippen molar-refractivity contribution in [2.24, 2.45) is 0 Å². The van der Waals surface area contributed by atoms with E-state index in [0.717, 1.165) is 30.0 Å². The minimum absolute atomic E-state index is 0.486. The zero-order chi connectivity index (χ0) is 13.8. The second-order valence-electron chi connectivity index (χ2n) is 4.73. The number of benzene rings is 1. The molecule has 0 aliphatic rings. The average Bonchev–Trinajstić information content (AvgIpc) is 2.77. The van der Waals surface area contributed by atoms with Gasteiger partial charge in [0.15, 0.2) is 0 Å². The lowest BCUT2D eigenvalue weighted by Gasteiger charge is -2.06. The Morgan fingerprint density at radius 1 is 1.32 bits per heavy atom. The summed E-state index contributed by atoms with van der Waals surface area (Å²) in [5.41, 5.74) is 1.84. The van der Waals surface area contributed by atoms with E-state index < -0.39 is 0 Å². The number of imidazole rings is 1. The Labute approximate surface area is 123 Å². The van der Waals surface area contributed by atoms with Gasteiger partial charge in [-0.15, -0.1) is 0 Å². The van der Waals surface area contributed by atoms with Crippen molar-refractivity contribution in [2.75, 3.05) is 6.54 Å². The van der Waals surface area contributed by atoms with Gasteiger partial charge in [0.2, 0.25) is 0 Å². The predicted molar refractivity (Wildman–Crippen MR) is 80.9 cm³/mol. The summed E-state index contributed by atoms with van der Waals surface area (Å²) in [5, 5.41) is 4.62. The summed E-state index contributed by atoms with van der Waals surface area (Å²) in [6.45, 7) is 5.15. The number of aromatic amines is 1. The number of nitrogens with one attached hydrogen (secondary N) is 2. The van der Waals surface area contributed by atoms with E-state index in [0.29, 0.717) is 16.1 Å². The molecule has 0 saturated heterocycles. The van der Waals surface area contributed by atoms with Crippen molar-refractivity contribution in [3.8, 4) is 11.3 Å². The van der Waals surface area contributed by atoms with Crippen molar-refractivity contribution in [1.82, 2.24) is 15.3 Å². The number of rotatable bonds is 5. The topological polar surface area (TPSA) is 40.7 Å². The van der Waals surface area contributed by atoms with Gasteiger partial charge in [-0.25, -0.2) is 4.98 Å². The van der Waals surface area contributed by atoms with Crippen molar-refractivity contribution in [2.45, 2.75) is 26.3 Å². The highest BCUT2D eigenvalue weighted by Crippen LogP contribution is 2.29. The van der Waals surface area contributed by atoms with Gasteiger partial charge in [-0.3, -0.25) is 0 Å². The summed E-state index contributed by atoms with van der Waals surface area (Å²) < 4.78 is 0. The zero-order valence-corrected chi connectivity index (χ0v) is 12.5. The van der Waals surface area contributed by atoms with Crippen LogP contribution in [0.1, 0.15) is 19.7 Å². The summed E-state index contributed by atoms with van der Waals surface area (Å²) in [5.74, 6) is 0.953. The van der Waals surface area contributed by atoms with Crippen LogP contribution < -0.4 is 5.32 Å². The minimum atomic E-state index is 0.486. The maximum Gasteiger partial charge on any atom is 0.107 e. The van der Waals surface area contributed by atoms with Crippen LogP contribution in [0, 0.1) is 0 Å². The first-order valence-corrected chi connectivity index (χ1v) is 7.04. The molecule has 0 atom stereocenters. The fourth-order valence-electron chi connectivity index (χ4n) is 1.81. The molecule has 0 bridgehead atoms. The highest BCUT2D eigenvalue weighted by Gasteiger charge is 2.07. The number of H-pyrrole nitrogens is 1. The Bertz CT molecular complexity index is 549. The van der Waals surface area contributed by atoms with Crippen LogP contribution in [0.15, 0.2) is 24.4 Å². The van der Waals surface area contributed by atoms with Crippen LogP contribution in [-0.4, -0.2) is 22.6 Å². The first kappa shape index (κ1) is 14.4. The van der Waals surface area contributed by atoms with Gasteiger partial charge in [-0.2, -0.15) is 0 Å². The number of halogens is 2. The molecule has 19 heavy (non-hydrogen) atoms. The fraction of sp³-hybridized carbons (Fsp3) is 0.357. The largest absolute Gasteiger partial charge is 0.342 e. The molecule has 0 amide bonds. The number of nitrogens with zero attached hydrogens (tertiary/aromatic N) is 1. The van der Waals surface area contributed by atoms with Gasteiger partial charge in [-0.05, 0) is 18.2 Å². The van der Waals surface area contributed by atoms with E-state index in [1.165, 1.54) is 0 Å². The van der Waals surface area contributed by atoms with Crippen LogP contribution in [0.25, 0.3) is 11.3 Å². The Balaban J connectivity index is 2.08. The van der Waals surface area contributed by atoms with Gasteiger partial charge in [0, 0.05) is 29.6 Å². The zero-order valence-electron chi connectivity index (χ0n) is 11.0. The molecule has 102 valence electrons. The third-order valence-electron chi connectivity index (χ3n) is 2.76. The van der Waals surface area contributed by atoms with Gasteiger partial charge >= 0.3 is 0 Å². The van der Waals surface area contributed by atoms with Gasteiger partial charge in [0.1, 0.15) is 5.82 Å². The van der Waals surface area contributed by atoms with Gasteiger partial charge in [-0.1, -0.05) is 37.0 Å². The molecule has 0 fully saturated rings. The highest BCUT2D eigenvalue weighted by atomic mass is 35.5. The third kappa shape index (κ3) is 3.96. The summed E-state index contributed by atoms with van der Waals surface area (Å²) in [4.78, 5) is 7.65. The summed E-state index contributed by atoms with van der Waals surface area (Å²) in [6, 6.07) is 5.94. The van der Waals surface area contributed by atoms with Crippen LogP contribution in [0.2, 0.25) is 10.0 Å². The van der Waals surface area contributed by atoms with Crippen molar-refractivity contribution in [3.05, 3.63) is 40.3 Å². The Morgan fingerprint density at radius 2 is 2.11 bits per heavy atom. The molecule has 1 aromatic carbocycles. The monoisotopic (exact) mass is 297 g/mol. The third-order valence-corrected chi connectivity index (χ3v) is 3.31. The van der Waals surface area contributed by atoms with E-state index in [2.05, 4.69) is 29.1 Å². The lowest BCUT2D eigenvalue weighted by atomic mass is 10.2. The summed E-state index contributed by atoms with van der Waals surface area (Å²) >= 11 is 12.1. The molecule has 2 aromatic rings. The molecule has 1 heterocycles. The molecule has 0 saturated carbocycles. The minimum Gasteiger partial charge on any atom is -0.342 e. The molecule has 5 heteroatoms. The van der Waals surface area contributed by atoms with Crippen LogP contribution >= 0.6 is 23.2 Å². The molecule has 1 aromatic heterocycles. The second-order valence-corrected chi connectivity index (χ2v) is 5.57. The quantitative estimate of drug-likeness (QED) is 0.878. The lowest BCUT2D eigenvalue weighted by molar-refractivity contribution is 0.584. The highest BCUT2D eigenvalue weighted by molar-refractivity contribution is 6.36. The van der Waals surface area contributed by atoms with Gasteiger partial charge < -0.3 is 10.3 Å². The van der Waals surface area contributed by atoms with Gasteiger partial charge in [0.25, 0.3) is 0 Å². The Morgan fingerprint density at radius 3 is 2.79 bits per heavy atom. The Kier molecular flexibility index (Phi) is 4.86. The predicted octanol–water partition coefficient (Wildman–Crippen LogP) is 3.92. The summed E-state index contributed by atoms with van der Waals surface area (Å²) in [6.07, 6.45) is 2.67. The molecular weight excluding hydrogens is 281 g/mol. The fourth-order valence-corrected chi connectivity index (χ4v) is 2.32. The molecule has 2 N–H and O–H groups in total. The molecule has 3 nitrogen and oxygen atoms in total.